The van der Waals surface area contributed by atoms with Gasteiger partial charge >= 0.3 is 0 Å². The van der Waals surface area contributed by atoms with Crippen molar-refractivity contribution in [2.24, 2.45) is 5.92 Å². The van der Waals surface area contributed by atoms with Gasteiger partial charge in [0.15, 0.2) is 5.82 Å². The average molecular weight is 308 g/mol. The summed E-state index contributed by atoms with van der Waals surface area (Å²) in [5.41, 5.74) is 7.55. The summed E-state index contributed by atoms with van der Waals surface area (Å²) in [4.78, 5) is 0. The van der Waals surface area contributed by atoms with Gasteiger partial charge in [-0.05, 0) is 63.3 Å². The van der Waals surface area contributed by atoms with Gasteiger partial charge in [0, 0.05) is 22.3 Å². The van der Waals surface area contributed by atoms with E-state index in [2.05, 4.69) is 31.5 Å². The zero-order chi connectivity index (χ0) is 12.5. The number of rotatable bonds is 3. The number of benzene rings is 1. The van der Waals surface area contributed by atoms with E-state index in [-0.39, 0.29) is 0 Å². The average Bonchev–Trinajstić information content (AvgIpc) is 2.75. The number of nitrogen functional groups attached to an aromatic ring is 1. The third-order valence-corrected chi connectivity index (χ3v) is 4.16. The minimum Gasteiger partial charge on any atom is -0.398 e. The summed E-state index contributed by atoms with van der Waals surface area (Å²) >= 11 is 3.39. The van der Waals surface area contributed by atoms with E-state index in [1.807, 2.05) is 22.9 Å². The Morgan fingerprint density at radius 3 is 2.89 bits per heavy atom. The van der Waals surface area contributed by atoms with Crippen LogP contribution in [0, 0.1) is 5.92 Å². The molecule has 5 nitrogen and oxygen atoms in total. The highest BCUT2D eigenvalue weighted by atomic mass is 79.9. The molecule has 0 aliphatic heterocycles. The lowest BCUT2D eigenvalue weighted by Gasteiger charge is -2.25. The van der Waals surface area contributed by atoms with Crippen LogP contribution in [0.1, 0.15) is 19.3 Å². The van der Waals surface area contributed by atoms with E-state index in [4.69, 9.17) is 5.73 Å². The number of anilines is 1. The molecule has 0 unspecified atom stereocenters. The van der Waals surface area contributed by atoms with Crippen LogP contribution in [0.3, 0.4) is 0 Å². The van der Waals surface area contributed by atoms with Crippen molar-refractivity contribution in [2.45, 2.75) is 25.8 Å². The molecular formula is C12H14BrN5. The van der Waals surface area contributed by atoms with E-state index in [9.17, 15) is 0 Å². The minimum absolute atomic E-state index is 0.700. The Balaban J connectivity index is 1.90. The molecule has 0 saturated heterocycles. The van der Waals surface area contributed by atoms with Crippen LogP contribution in [0.5, 0.6) is 0 Å². The predicted octanol–water partition coefficient (Wildman–Crippen LogP) is 2.48. The van der Waals surface area contributed by atoms with E-state index in [1.54, 1.807) is 0 Å². The van der Waals surface area contributed by atoms with Gasteiger partial charge < -0.3 is 5.73 Å². The number of hydrogen-bond donors (Lipinski definition) is 1. The number of aromatic nitrogens is 4. The lowest BCUT2D eigenvalue weighted by atomic mass is 9.85. The summed E-state index contributed by atoms with van der Waals surface area (Å²) in [5.74, 6) is 1.51. The molecule has 1 fully saturated rings. The molecular weight excluding hydrogens is 294 g/mol. The van der Waals surface area contributed by atoms with Crippen molar-refractivity contribution in [2.75, 3.05) is 5.73 Å². The minimum atomic E-state index is 0.700. The molecule has 0 bridgehead atoms. The number of hydrogen-bond acceptors (Lipinski definition) is 4. The van der Waals surface area contributed by atoms with Gasteiger partial charge in [-0.25, -0.2) is 4.68 Å². The molecule has 6 heteroatoms. The van der Waals surface area contributed by atoms with Crippen LogP contribution in [0.25, 0.3) is 11.4 Å². The maximum Gasteiger partial charge on any atom is 0.182 e. The molecule has 3 rings (SSSR count). The molecule has 1 aromatic carbocycles. The Hall–Kier alpha value is -1.43. The predicted molar refractivity (Wildman–Crippen MR) is 72.7 cm³/mol. The van der Waals surface area contributed by atoms with Crippen LogP contribution in [0.4, 0.5) is 5.69 Å². The Morgan fingerprint density at radius 2 is 2.22 bits per heavy atom. The lowest BCUT2D eigenvalue weighted by molar-refractivity contribution is 0.265. The van der Waals surface area contributed by atoms with E-state index >= 15 is 0 Å². The first-order valence-corrected chi connectivity index (χ1v) is 6.85. The molecule has 1 aliphatic carbocycles. The molecule has 18 heavy (non-hydrogen) atoms. The highest BCUT2D eigenvalue weighted by Crippen LogP contribution is 2.30. The number of halogens is 1. The second kappa shape index (κ2) is 4.68. The third-order valence-electron chi connectivity index (χ3n) is 3.44. The summed E-state index contributed by atoms with van der Waals surface area (Å²) in [5, 5.41) is 11.9. The Bertz CT molecular complexity index is 561. The van der Waals surface area contributed by atoms with Gasteiger partial charge in [0.05, 0.1) is 0 Å². The smallest absolute Gasteiger partial charge is 0.182 e. The fourth-order valence-corrected chi connectivity index (χ4v) is 2.38. The largest absolute Gasteiger partial charge is 0.398 e. The molecule has 0 amide bonds. The maximum atomic E-state index is 5.89. The summed E-state index contributed by atoms with van der Waals surface area (Å²) in [6.07, 6.45) is 3.89. The Labute approximate surface area is 113 Å². The van der Waals surface area contributed by atoms with Crippen molar-refractivity contribution >= 4 is 21.6 Å². The first-order valence-electron chi connectivity index (χ1n) is 6.05. The van der Waals surface area contributed by atoms with Gasteiger partial charge in [0.2, 0.25) is 0 Å². The number of tetrazole rings is 1. The Morgan fingerprint density at radius 1 is 1.39 bits per heavy atom. The van der Waals surface area contributed by atoms with Crippen LogP contribution >= 0.6 is 15.9 Å². The van der Waals surface area contributed by atoms with Gasteiger partial charge in [-0.3, -0.25) is 0 Å². The normalized spacial score (nSPS) is 15.6. The second-order valence-corrected chi connectivity index (χ2v) is 5.57. The molecule has 1 aliphatic rings. The van der Waals surface area contributed by atoms with Gasteiger partial charge in [-0.15, -0.1) is 5.10 Å². The summed E-state index contributed by atoms with van der Waals surface area (Å²) in [7, 11) is 0. The topological polar surface area (TPSA) is 69.6 Å². The SMILES string of the molecule is Nc1cc(-c2nnnn2CC2CCC2)ccc1Br. The van der Waals surface area contributed by atoms with Gasteiger partial charge in [-0.1, -0.05) is 6.42 Å². The molecule has 0 spiro atoms. The molecule has 0 radical (unpaired) electrons. The molecule has 1 aromatic heterocycles. The van der Waals surface area contributed by atoms with Crippen molar-refractivity contribution in [1.29, 1.82) is 0 Å². The van der Waals surface area contributed by atoms with E-state index in [0.717, 1.165) is 28.3 Å². The first kappa shape index (κ1) is 11.6. The molecule has 2 N–H and O–H groups in total. The summed E-state index contributed by atoms with van der Waals surface area (Å²) < 4.78 is 2.77. The zero-order valence-electron chi connectivity index (χ0n) is 9.88. The number of nitrogens with two attached hydrogens (primary N) is 1. The van der Waals surface area contributed by atoms with Crippen LogP contribution in [-0.4, -0.2) is 20.2 Å². The van der Waals surface area contributed by atoms with Crippen molar-refractivity contribution in [3.63, 3.8) is 0 Å². The molecule has 2 aromatic rings. The molecule has 94 valence electrons. The Kier molecular flexibility index (Phi) is 3.03. The number of nitrogens with zero attached hydrogens (tertiary/aromatic N) is 4. The highest BCUT2D eigenvalue weighted by Gasteiger charge is 2.20. The fraction of sp³-hybridized carbons (Fsp3) is 0.417. The van der Waals surface area contributed by atoms with Gasteiger partial charge in [-0.2, -0.15) is 0 Å². The van der Waals surface area contributed by atoms with Crippen LogP contribution in [-0.2, 0) is 6.54 Å². The summed E-state index contributed by atoms with van der Waals surface area (Å²) in [6.45, 7) is 0.901. The first-order chi connectivity index (χ1) is 8.74. The fourth-order valence-electron chi connectivity index (χ4n) is 2.14. The highest BCUT2D eigenvalue weighted by molar-refractivity contribution is 9.10. The van der Waals surface area contributed by atoms with Gasteiger partial charge in [0.25, 0.3) is 0 Å². The standard InChI is InChI=1S/C12H14BrN5/c13-10-5-4-9(6-11(10)14)12-15-16-17-18(12)7-8-2-1-3-8/h4-6,8H,1-3,7,14H2. The molecule has 1 saturated carbocycles. The van der Waals surface area contributed by atoms with Crippen LogP contribution < -0.4 is 5.73 Å². The van der Waals surface area contributed by atoms with Crippen molar-refractivity contribution in [3.8, 4) is 11.4 Å². The maximum absolute atomic E-state index is 5.89. The van der Waals surface area contributed by atoms with Crippen molar-refractivity contribution in [3.05, 3.63) is 22.7 Å². The molecule has 0 atom stereocenters. The van der Waals surface area contributed by atoms with E-state index < -0.39 is 0 Å². The van der Waals surface area contributed by atoms with Crippen LogP contribution in [0.15, 0.2) is 22.7 Å². The van der Waals surface area contributed by atoms with Crippen molar-refractivity contribution in [1.82, 2.24) is 20.2 Å². The second-order valence-electron chi connectivity index (χ2n) is 4.72. The molecule has 1 heterocycles. The monoisotopic (exact) mass is 307 g/mol. The van der Waals surface area contributed by atoms with Crippen LogP contribution in [0.2, 0.25) is 0 Å². The summed E-state index contributed by atoms with van der Waals surface area (Å²) in [6, 6.07) is 5.80. The van der Waals surface area contributed by atoms with E-state index in [1.165, 1.54) is 19.3 Å². The van der Waals surface area contributed by atoms with Gasteiger partial charge in [0.1, 0.15) is 0 Å². The zero-order valence-corrected chi connectivity index (χ0v) is 11.5. The quantitative estimate of drug-likeness (QED) is 0.884. The lowest BCUT2D eigenvalue weighted by Crippen LogP contribution is -2.19. The van der Waals surface area contributed by atoms with E-state index in [0.29, 0.717) is 5.69 Å². The third kappa shape index (κ3) is 2.12. The van der Waals surface area contributed by atoms with Crippen molar-refractivity contribution < 1.29 is 0 Å².